The molecule has 2 N–H and O–H groups in total. The number of para-hydroxylation sites is 1. The van der Waals surface area contributed by atoms with Crippen LogP contribution in [-0.4, -0.2) is 48.6 Å². The van der Waals surface area contributed by atoms with Crippen LogP contribution in [0.4, 0.5) is 17.5 Å². The van der Waals surface area contributed by atoms with Gasteiger partial charge in [0.1, 0.15) is 5.82 Å². The summed E-state index contributed by atoms with van der Waals surface area (Å²) in [5.41, 5.74) is 5.14. The number of rotatable bonds is 8. The van der Waals surface area contributed by atoms with Crippen molar-refractivity contribution < 1.29 is 4.79 Å². The summed E-state index contributed by atoms with van der Waals surface area (Å²) in [5, 5.41) is 8.50. The number of anilines is 3. The zero-order valence-electron chi connectivity index (χ0n) is 23.6. The van der Waals surface area contributed by atoms with E-state index in [0.29, 0.717) is 24.5 Å². The minimum Gasteiger partial charge on any atom is -0.362 e. The molecule has 206 valence electrons. The smallest absolute Gasteiger partial charge is 0.258 e. The van der Waals surface area contributed by atoms with E-state index in [2.05, 4.69) is 58.9 Å². The number of fused-ring (bicyclic) bond motifs is 2. The van der Waals surface area contributed by atoms with Gasteiger partial charge in [0.25, 0.3) is 5.91 Å². The molecule has 40 heavy (non-hydrogen) atoms. The summed E-state index contributed by atoms with van der Waals surface area (Å²) < 4.78 is 0. The van der Waals surface area contributed by atoms with E-state index in [1.54, 1.807) is 0 Å². The van der Waals surface area contributed by atoms with E-state index >= 15 is 0 Å². The van der Waals surface area contributed by atoms with Gasteiger partial charge >= 0.3 is 0 Å². The second kappa shape index (κ2) is 11.3. The van der Waals surface area contributed by atoms with Crippen LogP contribution in [0.15, 0.2) is 72.8 Å². The van der Waals surface area contributed by atoms with Gasteiger partial charge in [-0.25, -0.2) is 4.98 Å². The zero-order valence-corrected chi connectivity index (χ0v) is 23.6. The maximum absolute atomic E-state index is 12.8. The predicted octanol–water partition coefficient (Wildman–Crippen LogP) is 5.97. The topological polar surface area (TPSA) is 73.4 Å². The summed E-state index contributed by atoms with van der Waals surface area (Å²) in [6.45, 7) is 3.86. The van der Waals surface area contributed by atoms with E-state index in [0.717, 1.165) is 71.7 Å². The summed E-state index contributed by atoms with van der Waals surface area (Å²) >= 11 is 0. The number of hydrogen-bond donors (Lipinski definition) is 2. The molecule has 2 heterocycles. The summed E-state index contributed by atoms with van der Waals surface area (Å²) in [5.74, 6) is 2.15. The van der Waals surface area contributed by atoms with Crippen LogP contribution in [0.5, 0.6) is 0 Å². The second-order valence-corrected chi connectivity index (χ2v) is 11.4. The molecule has 7 nitrogen and oxygen atoms in total. The number of benzene rings is 3. The molecule has 0 spiro atoms. The van der Waals surface area contributed by atoms with Gasteiger partial charge in [-0.3, -0.25) is 4.79 Å². The molecule has 6 rings (SSSR count). The van der Waals surface area contributed by atoms with Gasteiger partial charge in [-0.15, -0.1) is 0 Å². The quantitative estimate of drug-likeness (QED) is 0.290. The first-order valence-corrected chi connectivity index (χ1v) is 14.4. The van der Waals surface area contributed by atoms with Crippen LogP contribution in [0.2, 0.25) is 0 Å². The average molecular weight is 535 g/mol. The van der Waals surface area contributed by atoms with Crippen molar-refractivity contribution in [2.45, 2.75) is 57.2 Å². The minimum absolute atomic E-state index is 0.0912. The number of aromatic nitrogens is 2. The van der Waals surface area contributed by atoms with Crippen molar-refractivity contribution in [2.24, 2.45) is 0 Å². The monoisotopic (exact) mass is 534 g/mol. The highest BCUT2D eigenvalue weighted by molar-refractivity contribution is 6.10. The van der Waals surface area contributed by atoms with Gasteiger partial charge in [0, 0.05) is 49.4 Å². The first kappa shape index (κ1) is 26.3. The fourth-order valence-corrected chi connectivity index (χ4v) is 6.00. The lowest BCUT2D eigenvalue weighted by atomic mass is 9.90. The fraction of sp³-hybridized carbons (Fsp3) is 0.364. The first-order chi connectivity index (χ1) is 19.5. The number of carbonyl (C=O) groups is 1. The van der Waals surface area contributed by atoms with E-state index in [4.69, 9.17) is 9.97 Å². The van der Waals surface area contributed by atoms with Gasteiger partial charge in [0.05, 0.1) is 12.1 Å². The van der Waals surface area contributed by atoms with E-state index in [9.17, 15) is 4.79 Å². The van der Waals surface area contributed by atoms with Crippen LogP contribution < -0.4 is 20.4 Å². The Hall–Kier alpha value is -3.97. The van der Waals surface area contributed by atoms with Gasteiger partial charge in [-0.2, -0.15) is 4.98 Å². The lowest BCUT2D eigenvalue weighted by molar-refractivity contribution is 0.0996. The van der Waals surface area contributed by atoms with E-state index in [-0.39, 0.29) is 5.91 Å². The molecule has 3 aromatic carbocycles. The van der Waals surface area contributed by atoms with Crippen molar-refractivity contribution in [1.29, 1.82) is 0 Å². The Kier molecular flexibility index (Phi) is 7.39. The molecule has 1 atom stereocenters. The van der Waals surface area contributed by atoms with Gasteiger partial charge in [0.15, 0.2) is 0 Å². The zero-order chi connectivity index (χ0) is 27.6. The van der Waals surface area contributed by atoms with Gasteiger partial charge in [-0.1, -0.05) is 49.4 Å². The molecule has 7 heteroatoms. The number of nitrogens with one attached hydrogen (secondary N) is 2. The SMILES string of the molecule is CC(CN[C@H]1CC[C@@H](Nc2nc(N(C)C)c3ccccc3n2)CC1)c1ccc(N2Cc3ccccc3C2=O)cc1. The third-order valence-corrected chi connectivity index (χ3v) is 8.38. The molecule has 1 aliphatic carbocycles. The van der Waals surface area contributed by atoms with Crippen LogP contribution >= 0.6 is 0 Å². The van der Waals surface area contributed by atoms with Gasteiger partial charge in [0.2, 0.25) is 5.95 Å². The Balaban J connectivity index is 0.994. The normalized spacial score (nSPS) is 19.5. The van der Waals surface area contributed by atoms with Gasteiger partial charge in [-0.05, 0) is 73.1 Å². The van der Waals surface area contributed by atoms with Crippen molar-refractivity contribution in [3.8, 4) is 0 Å². The van der Waals surface area contributed by atoms with E-state index < -0.39 is 0 Å². The molecule has 0 bridgehead atoms. The van der Waals surface area contributed by atoms with Crippen molar-refractivity contribution in [2.75, 3.05) is 35.8 Å². The lowest BCUT2D eigenvalue weighted by Gasteiger charge is -2.31. The summed E-state index contributed by atoms with van der Waals surface area (Å²) in [6, 6.07) is 25.5. The highest BCUT2D eigenvalue weighted by Gasteiger charge is 2.28. The minimum atomic E-state index is 0.0912. The second-order valence-electron chi connectivity index (χ2n) is 11.4. The maximum Gasteiger partial charge on any atom is 0.258 e. The molecule has 2 aliphatic rings. The number of nitrogens with zero attached hydrogens (tertiary/aromatic N) is 4. The Bertz CT molecular complexity index is 1490. The Morgan fingerprint density at radius 1 is 0.900 bits per heavy atom. The summed E-state index contributed by atoms with van der Waals surface area (Å²) in [4.78, 5) is 26.3. The standard InChI is InChI=1S/C33H38N6O/c1-22(23-12-18-27(19-13-23)39-21-24-8-4-5-9-28(24)32(39)40)20-34-25-14-16-26(17-15-25)35-33-36-30-11-7-6-10-29(30)31(37-33)38(2)3/h4-13,18-19,22,25-26,34H,14-17,20-21H2,1-3H3,(H,35,36,37)/t22?,25-,26+. The van der Waals surface area contributed by atoms with Gasteiger partial charge < -0.3 is 20.4 Å². The van der Waals surface area contributed by atoms with Crippen molar-refractivity contribution in [3.05, 3.63) is 89.5 Å². The van der Waals surface area contributed by atoms with Crippen LogP contribution in [-0.2, 0) is 6.54 Å². The van der Waals surface area contributed by atoms with Crippen molar-refractivity contribution in [3.63, 3.8) is 0 Å². The highest BCUT2D eigenvalue weighted by atomic mass is 16.2. The molecule has 1 unspecified atom stereocenters. The summed E-state index contributed by atoms with van der Waals surface area (Å²) in [7, 11) is 4.05. The maximum atomic E-state index is 12.8. The Labute approximate surface area is 236 Å². The number of hydrogen-bond acceptors (Lipinski definition) is 6. The summed E-state index contributed by atoms with van der Waals surface area (Å²) in [6.07, 6.45) is 4.46. The molecular weight excluding hydrogens is 496 g/mol. The predicted molar refractivity (Wildman–Crippen MR) is 163 cm³/mol. The fourth-order valence-electron chi connectivity index (χ4n) is 6.00. The molecular formula is C33H38N6O. The molecule has 1 saturated carbocycles. The van der Waals surface area contributed by atoms with E-state index in [1.807, 2.05) is 55.4 Å². The number of amides is 1. The van der Waals surface area contributed by atoms with Crippen LogP contribution in [0.25, 0.3) is 10.9 Å². The third-order valence-electron chi connectivity index (χ3n) is 8.38. The average Bonchev–Trinajstić information content (AvgIpc) is 3.32. The number of carbonyl (C=O) groups excluding carboxylic acids is 1. The lowest BCUT2D eigenvalue weighted by Crippen LogP contribution is -2.38. The molecule has 1 amide bonds. The first-order valence-electron chi connectivity index (χ1n) is 14.4. The van der Waals surface area contributed by atoms with E-state index in [1.165, 1.54) is 5.56 Å². The third kappa shape index (κ3) is 5.39. The molecule has 0 radical (unpaired) electrons. The molecule has 0 saturated heterocycles. The highest BCUT2D eigenvalue weighted by Crippen LogP contribution is 2.30. The molecule has 1 fully saturated rings. The Morgan fingerprint density at radius 3 is 2.35 bits per heavy atom. The molecule has 4 aromatic rings. The van der Waals surface area contributed by atoms with Crippen LogP contribution in [0.3, 0.4) is 0 Å². The largest absolute Gasteiger partial charge is 0.362 e. The molecule has 1 aliphatic heterocycles. The molecule has 1 aromatic heterocycles. The van der Waals surface area contributed by atoms with Crippen molar-refractivity contribution >= 4 is 34.3 Å². The van der Waals surface area contributed by atoms with Crippen molar-refractivity contribution in [1.82, 2.24) is 15.3 Å². The Morgan fingerprint density at radius 2 is 1.60 bits per heavy atom. The van der Waals surface area contributed by atoms with Crippen LogP contribution in [0, 0.1) is 0 Å². The van der Waals surface area contributed by atoms with Crippen LogP contribution in [0.1, 0.15) is 60.0 Å².